The molecule has 0 saturated carbocycles. The van der Waals surface area contributed by atoms with Gasteiger partial charge < -0.3 is 19.7 Å². The van der Waals surface area contributed by atoms with Crippen molar-refractivity contribution in [2.45, 2.75) is 33.1 Å². The van der Waals surface area contributed by atoms with Crippen LogP contribution in [0.1, 0.15) is 31.4 Å². The molecule has 0 unspecified atom stereocenters. The van der Waals surface area contributed by atoms with Crippen molar-refractivity contribution in [2.24, 2.45) is 5.92 Å². The van der Waals surface area contributed by atoms with E-state index in [1.807, 2.05) is 50.2 Å². The maximum absolute atomic E-state index is 12.6. The molecule has 2 aromatic rings. The van der Waals surface area contributed by atoms with E-state index in [0.29, 0.717) is 39.3 Å². The lowest BCUT2D eigenvalue weighted by Gasteiger charge is -2.16. The second-order valence-electron chi connectivity index (χ2n) is 7.66. The van der Waals surface area contributed by atoms with Crippen LogP contribution in [0, 0.1) is 5.92 Å². The molecule has 0 aromatic heterocycles. The number of amides is 2. The van der Waals surface area contributed by atoms with Crippen molar-refractivity contribution in [1.82, 2.24) is 10.2 Å². The Morgan fingerprint density at radius 1 is 1.00 bits per heavy atom. The van der Waals surface area contributed by atoms with Crippen molar-refractivity contribution in [3.05, 3.63) is 59.7 Å². The van der Waals surface area contributed by atoms with Crippen molar-refractivity contribution in [3.8, 4) is 11.5 Å². The average molecular weight is 425 g/mol. The molecule has 31 heavy (non-hydrogen) atoms. The number of likely N-dealkylation sites (tertiary alicyclic amines) is 1. The zero-order valence-corrected chi connectivity index (χ0v) is 18.4. The summed E-state index contributed by atoms with van der Waals surface area (Å²) in [5.41, 5.74) is 2.27. The summed E-state index contributed by atoms with van der Waals surface area (Å²) in [6.07, 6.45) is 1.79. The molecule has 6 heteroatoms. The minimum Gasteiger partial charge on any atom is -0.490 e. The van der Waals surface area contributed by atoms with Gasteiger partial charge in [0.25, 0.3) is 0 Å². The van der Waals surface area contributed by atoms with Gasteiger partial charge in [0.15, 0.2) is 11.5 Å². The first-order valence-electron chi connectivity index (χ1n) is 11.1. The van der Waals surface area contributed by atoms with Gasteiger partial charge in [-0.25, -0.2) is 0 Å². The Morgan fingerprint density at radius 2 is 1.74 bits per heavy atom. The molecule has 2 amide bonds. The minimum absolute atomic E-state index is 0.0495. The zero-order valence-electron chi connectivity index (χ0n) is 18.4. The van der Waals surface area contributed by atoms with Gasteiger partial charge in [-0.05, 0) is 49.9 Å². The molecule has 1 fully saturated rings. The van der Waals surface area contributed by atoms with E-state index in [-0.39, 0.29) is 24.2 Å². The van der Waals surface area contributed by atoms with E-state index in [9.17, 15) is 9.59 Å². The molecule has 1 heterocycles. The summed E-state index contributed by atoms with van der Waals surface area (Å²) < 4.78 is 11.3. The molecule has 6 nitrogen and oxygen atoms in total. The molecule has 0 bridgehead atoms. The van der Waals surface area contributed by atoms with E-state index < -0.39 is 0 Å². The second kappa shape index (κ2) is 11.4. The third-order valence-corrected chi connectivity index (χ3v) is 5.42. The molecule has 166 valence electrons. The first-order chi connectivity index (χ1) is 15.1. The van der Waals surface area contributed by atoms with Gasteiger partial charge in [0, 0.05) is 26.1 Å². The number of carbonyl (C=O) groups excluding carboxylic acids is 2. The number of carbonyl (C=O) groups is 2. The molecular weight excluding hydrogens is 392 g/mol. The predicted octanol–water partition coefficient (Wildman–Crippen LogP) is 3.23. The van der Waals surface area contributed by atoms with Crippen LogP contribution in [-0.4, -0.2) is 49.6 Å². The number of rotatable bonds is 11. The Kier molecular flexibility index (Phi) is 8.33. The van der Waals surface area contributed by atoms with Crippen LogP contribution in [0.3, 0.4) is 0 Å². The Hall–Kier alpha value is -3.02. The van der Waals surface area contributed by atoms with Gasteiger partial charge in [0.2, 0.25) is 11.8 Å². The quantitative estimate of drug-likeness (QED) is 0.601. The third kappa shape index (κ3) is 6.48. The van der Waals surface area contributed by atoms with Crippen LogP contribution >= 0.6 is 0 Å². The maximum atomic E-state index is 12.6. The minimum atomic E-state index is -0.275. The topological polar surface area (TPSA) is 67.9 Å². The smallest absolute Gasteiger partial charge is 0.225 e. The molecule has 0 radical (unpaired) electrons. The fourth-order valence-corrected chi connectivity index (χ4v) is 3.80. The molecule has 1 N–H and O–H groups in total. The van der Waals surface area contributed by atoms with Gasteiger partial charge >= 0.3 is 0 Å². The van der Waals surface area contributed by atoms with Crippen molar-refractivity contribution < 1.29 is 19.1 Å². The SMILES string of the molecule is CCOc1ccc(CCNC(=O)[C@H]2CC(=O)N(CCc3ccccc3)C2)cc1OCC. The highest BCUT2D eigenvalue weighted by Crippen LogP contribution is 2.28. The maximum Gasteiger partial charge on any atom is 0.225 e. The molecule has 3 rings (SSSR count). The molecule has 0 spiro atoms. The van der Waals surface area contributed by atoms with Crippen LogP contribution in [0.5, 0.6) is 11.5 Å². The van der Waals surface area contributed by atoms with Gasteiger partial charge in [0.05, 0.1) is 19.1 Å². The van der Waals surface area contributed by atoms with E-state index in [4.69, 9.17) is 9.47 Å². The lowest BCUT2D eigenvalue weighted by Crippen LogP contribution is -2.34. The summed E-state index contributed by atoms with van der Waals surface area (Å²) in [5, 5.41) is 2.99. The van der Waals surface area contributed by atoms with Crippen LogP contribution in [-0.2, 0) is 22.4 Å². The summed E-state index contributed by atoms with van der Waals surface area (Å²) in [6, 6.07) is 16.0. The predicted molar refractivity (Wildman–Crippen MR) is 120 cm³/mol. The van der Waals surface area contributed by atoms with Crippen LogP contribution in [0.25, 0.3) is 0 Å². The molecule has 0 aliphatic carbocycles. The third-order valence-electron chi connectivity index (χ3n) is 5.42. The van der Waals surface area contributed by atoms with Crippen molar-refractivity contribution in [1.29, 1.82) is 0 Å². The Labute approximate surface area is 184 Å². The van der Waals surface area contributed by atoms with Gasteiger partial charge in [-0.2, -0.15) is 0 Å². The zero-order chi connectivity index (χ0) is 22.1. The Balaban J connectivity index is 1.45. The molecule has 1 aliphatic rings. The first kappa shape index (κ1) is 22.7. The standard InChI is InChI=1S/C25H32N2O4/c1-3-30-22-11-10-20(16-23(22)31-4-2)12-14-26-25(29)21-17-24(28)27(18-21)15-13-19-8-6-5-7-9-19/h5-11,16,21H,3-4,12-15,17-18H2,1-2H3,(H,26,29)/t21-/m0/s1. The largest absolute Gasteiger partial charge is 0.490 e. The number of nitrogens with zero attached hydrogens (tertiary/aromatic N) is 1. The van der Waals surface area contributed by atoms with E-state index >= 15 is 0 Å². The van der Waals surface area contributed by atoms with Crippen LogP contribution in [0.4, 0.5) is 0 Å². The summed E-state index contributed by atoms with van der Waals surface area (Å²) in [7, 11) is 0. The summed E-state index contributed by atoms with van der Waals surface area (Å²) in [5.74, 6) is 1.19. The number of hydrogen-bond donors (Lipinski definition) is 1. The van der Waals surface area contributed by atoms with Crippen molar-refractivity contribution >= 4 is 11.8 Å². The van der Waals surface area contributed by atoms with Gasteiger partial charge in [-0.15, -0.1) is 0 Å². The van der Waals surface area contributed by atoms with E-state index in [1.165, 1.54) is 5.56 Å². The number of hydrogen-bond acceptors (Lipinski definition) is 4. The number of ether oxygens (including phenoxy) is 2. The highest BCUT2D eigenvalue weighted by molar-refractivity contribution is 5.89. The number of nitrogens with one attached hydrogen (secondary N) is 1. The normalized spacial score (nSPS) is 15.7. The molecule has 1 atom stereocenters. The van der Waals surface area contributed by atoms with E-state index in [1.54, 1.807) is 4.90 Å². The van der Waals surface area contributed by atoms with E-state index in [2.05, 4.69) is 17.4 Å². The second-order valence-corrected chi connectivity index (χ2v) is 7.66. The van der Waals surface area contributed by atoms with Crippen molar-refractivity contribution in [2.75, 3.05) is 32.8 Å². The average Bonchev–Trinajstić information content (AvgIpc) is 3.15. The Bertz CT molecular complexity index is 869. The fraction of sp³-hybridized carbons (Fsp3) is 0.440. The molecule has 2 aromatic carbocycles. The fourth-order valence-electron chi connectivity index (χ4n) is 3.80. The van der Waals surface area contributed by atoms with E-state index in [0.717, 1.165) is 23.5 Å². The summed E-state index contributed by atoms with van der Waals surface area (Å²) in [4.78, 5) is 26.7. The molecular formula is C25H32N2O4. The molecule has 1 aliphatic heterocycles. The summed E-state index contributed by atoms with van der Waals surface area (Å²) in [6.45, 7) is 6.69. The monoisotopic (exact) mass is 424 g/mol. The van der Waals surface area contributed by atoms with Gasteiger partial charge in [-0.1, -0.05) is 36.4 Å². The van der Waals surface area contributed by atoms with Crippen LogP contribution in [0.15, 0.2) is 48.5 Å². The van der Waals surface area contributed by atoms with Crippen molar-refractivity contribution in [3.63, 3.8) is 0 Å². The molecule has 1 saturated heterocycles. The Morgan fingerprint density at radius 3 is 2.48 bits per heavy atom. The lowest BCUT2D eigenvalue weighted by atomic mass is 10.1. The van der Waals surface area contributed by atoms with Gasteiger partial charge in [0.1, 0.15) is 0 Å². The summed E-state index contributed by atoms with van der Waals surface area (Å²) >= 11 is 0. The van der Waals surface area contributed by atoms with Gasteiger partial charge in [-0.3, -0.25) is 9.59 Å². The lowest BCUT2D eigenvalue weighted by molar-refractivity contribution is -0.129. The highest BCUT2D eigenvalue weighted by atomic mass is 16.5. The first-order valence-corrected chi connectivity index (χ1v) is 11.1. The number of benzene rings is 2. The van der Waals surface area contributed by atoms with Crippen LogP contribution in [0.2, 0.25) is 0 Å². The van der Waals surface area contributed by atoms with Crippen LogP contribution < -0.4 is 14.8 Å². The highest BCUT2D eigenvalue weighted by Gasteiger charge is 2.33.